The fourth-order valence-electron chi connectivity index (χ4n) is 14.2. The Morgan fingerprint density at radius 1 is 0.112 bits per heavy atom. The molecule has 0 amide bonds. The summed E-state index contributed by atoms with van der Waals surface area (Å²) in [6, 6.07) is 155. The molecule has 470 valence electrons. The van der Waals surface area contributed by atoms with Crippen molar-refractivity contribution in [1.29, 1.82) is 0 Å². The number of rotatable bonds is 16. The Labute approximate surface area is 583 Å². The van der Waals surface area contributed by atoms with Gasteiger partial charge in [0.1, 0.15) is 0 Å². The van der Waals surface area contributed by atoms with Crippen LogP contribution in [0.3, 0.4) is 0 Å². The fourth-order valence-corrected chi connectivity index (χ4v) is 22.9. The summed E-state index contributed by atoms with van der Waals surface area (Å²) in [5, 5.41) is 0. The molecule has 0 N–H and O–H groups in total. The summed E-state index contributed by atoms with van der Waals surface area (Å²) < 4.78 is 5.07. The molecule has 0 nitrogen and oxygen atoms in total. The first-order valence-corrected chi connectivity index (χ1v) is 36.3. The molecular formula is C96H71PPd. The van der Waals surface area contributed by atoms with Gasteiger partial charge in [-0.15, -0.1) is 0 Å². The molecule has 0 aromatic heterocycles. The molecule has 0 saturated carbocycles. The van der Waals surface area contributed by atoms with Crippen molar-refractivity contribution in [3.63, 3.8) is 0 Å². The van der Waals surface area contributed by atoms with E-state index in [1.807, 2.05) is 0 Å². The zero-order valence-corrected chi connectivity index (χ0v) is 57.3. The first-order valence-electron chi connectivity index (χ1n) is 33.2. The van der Waals surface area contributed by atoms with E-state index in [2.05, 4.69) is 413 Å². The van der Waals surface area contributed by atoms with Crippen molar-refractivity contribution in [2.24, 2.45) is 0 Å². The summed E-state index contributed by atoms with van der Waals surface area (Å²) in [5.74, 6) is 0. The van der Waals surface area contributed by atoms with Crippen LogP contribution in [0.4, 0.5) is 0 Å². The van der Waals surface area contributed by atoms with E-state index in [0.717, 1.165) is 89.0 Å². The Balaban J connectivity index is 0.00000784. The molecule has 0 aliphatic rings. The SMILES string of the molecule is P.c1ccc(-c2cc[c]([Pd]([c]3ccc(-c4ccccc4)c(-c4ccccc4)c3-c3ccccc3)([c]3ccc(-c4ccccc4)c(-c4ccccc4)c3-c3ccccc3)[c]3ccc(-c4ccccc4)c(-c4ccccc4)c3-c3ccccc3)c(-c3ccccc3)c2-c2ccccc2)cc1. The third-order valence-corrected chi connectivity index (χ3v) is 26.0. The van der Waals surface area contributed by atoms with Crippen LogP contribution in [0, 0.1) is 0 Å². The molecule has 16 rings (SSSR count). The van der Waals surface area contributed by atoms with Crippen LogP contribution >= 0.6 is 9.90 Å². The third kappa shape index (κ3) is 11.7. The second-order valence-corrected chi connectivity index (χ2v) is 29.8. The topological polar surface area (TPSA) is 0 Å². The van der Waals surface area contributed by atoms with Crippen molar-refractivity contribution in [1.82, 2.24) is 0 Å². The Bertz CT molecular complexity index is 4660. The third-order valence-electron chi connectivity index (χ3n) is 18.4. The van der Waals surface area contributed by atoms with Crippen molar-refractivity contribution >= 4 is 26.0 Å². The Kier molecular flexibility index (Phi) is 18.2. The van der Waals surface area contributed by atoms with E-state index in [1.54, 1.807) is 0 Å². The molecule has 0 radical (unpaired) electrons. The van der Waals surface area contributed by atoms with E-state index < -0.39 is 15.5 Å². The quantitative estimate of drug-likeness (QED) is 0.0668. The van der Waals surface area contributed by atoms with Crippen molar-refractivity contribution in [3.05, 3.63) is 413 Å². The molecule has 2 heteroatoms. The van der Waals surface area contributed by atoms with E-state index in [-0.39, 0.29) is 9.90 Å². The van der Waals surface area contributed by atoms with Gasteiger partial charge in [-0.3, -0.25) is 0 Å². The van der Waals surface area contributed by atoms with Gasteiger partial charge in [-0.25, -0.2) is 0 Å². The van der Waals surface area contributed by atoms with Crippen LogP contribution in [0.1, 0.15) is 0 Å². The van der Waals surface area contributed by atoms with Gasteiger partial charge in [0, 0.05) is 0 Å². The van der Waals surface area contributed by atoms with Crippen molar-refractivity contribution in [2.75, 3.05) is 0 Å². The Morgan fingerprint density at radius 3 is 0.378 bits per heavy atom. The Hall–Kier alpha value is -11.4. The van der Waals surface area contributed by atoms with Crippen LogP contribution in [0.5, 0.6) is 0 Å². The number of benzene rings is 16. The molecule has 0 aliphatic carbocycles. The van der Waals surface area contributed by atoms with Gasteiger partial charge in [0.15, 0.2) is 0 Å². The maximum absolute atomic E-state index is 4.61. The van der Waals surface area contributed by atoms with Gasteiger partial charge < -0.3 is 0 Å². The molecule has 1 unspecified atom stereocenters. The van der Waals surface area contributed by atoms with E-state index in [9.17, 15) is 0 Å². The van der Waals surface area contributed by atoms with E-state index in [0.29, 0.717) is 0 Å². The first-order chi connectivity index (χ1) is 48.2. The van der Waals surface area contributed by atoms with Crippen molar-refractivity contribution in [3.8, 4) is 134 Å². The van der Waals surface area contributed by atoms with Gasteiger partial charge in [-0.1, -0.05) is 0 Å². The summed E-state index contributed by atoms with van der Waals surface area (Å²) in [7, 11) is 0. The zero-order chi connectivity index (χ0) is 64.7. The van der Waals surface area contributed by atoms with Crippen molar-refractivity contribution < 1.29 is 15.5 Å². The summed E-state index contributed by atoms with van der Waals surface area (Å²) in [4.78, 5) is 0. The van der Waals surface area contributed by atoms with Gasteiger partial charge in [-0.05, 0) is 0 Å². The molecule has 0 fully saturated rings. The van der Waals surface area contributed by atoms with Crippen LogP contribution in [-0.4, -0.2) is 0 Å². The fraction of sp³-hybridized carbons (Fsp3) is 0. The normalized spacial score (nSPS) is 11.3. The molecule has 16 aromatic rings. The summed E-state index contributed by atoms with van der Waals surface area (Å²) >= 11 is -4.61. The molecule has 0 spiro atoms. The molecule has 0 heterocycles. The van der Waals surface area contributed by atoms with Crippen molar-refractivity contribution in [2.45, 2.75) is 0 Å². The predicted octanol–water partition coefficient (Wildman–Crippen LogP) is 23.5. The second-order valence-electron chi connectivity index (χ2n) is 24.1. The molecule has 98 heavy (non-hydrogen) atoms. The summed E-state index contributed by atoms with van der Waals surface area (Å²) in [5.41, 5.74) is 27.8. The van der Waals surface area contributed by atoms with Gasteiger partial charge in [-0.2, -0.15) is 9.90 Å². The second kappa shape index (κ2) is 28.5. The minimum absolute atomic E-state index is 0. The van der Waals surface area contributed by atoms with Crippen LogP contribution in [0.25, 0.3) is 134 Å². The average molecular weight is 1360 g/mol. The van der Waals surface area contributed by atoms with Gasteiger partial charge >= 0.3 is 578 Å². The summed E-state index contributed by atoms with van der Waals surface area (Å²) in [6.45, 7) is 0. The zero-order valence-electron chi connectivity index (χ0n) is 54.3. The number of hydrogen-bond acceptors (Lipinski definition) is 0. The Morgan fingerprint density at radius 2 is 0.235 bits per heavy atom. The average Bonchev–Trinajstić information content (AvgIpc) is 0.683. The monoisotopic (exact) mass is 1360 g/mol. The summed E-state index contributed by atoms with van der Waals surface area (Å²) in [6.07, 6.45) is 0. The van der Waals surface area contributed by atoms with Gasteiger partial charge in [0.25, 0.3) is 0 Å². The van der Waals surface area contributed by atoms with Crippen LogP contribution in [0.15, 0.2) is 413 Å². The van der Waals surface area contributed by atoms with Crippen LogP contribution in [0.2, 0.25) is 0 Å². The van der Waals surface area contributed by atoms with Crippen LogP contribution < -0.4 is 16.1 Å². The minimum atomic E-state index is -4.61. The number of hydrogen-bond donors (Lipinski definition) is 0. The molecule has 16 aromatic carbocycles. The molecule has 0 saturated heterocycles. The maximum atomic E-state index is 2.60. The van der Waals surface area contributed by atoms with E-state index in [4.69, 9.17) is 0 Å². The van der Waals surface area contributed by atoms with Crippen LogP contribution in [-0.2, 0) is 15.5 Å². The first kappa shape index (κ1) is 62.7. The standard InChI is InChI=1S/4C24H17.H3P.Pd/c4*1-4-11-19(12-5-1)22-17-10-18-23(20-13-6-2-7-14-20)24(22)21-15-8-3-9-16-21;;/h4*1-17H;1H3;. The molecule has 0 bridgehead atoms. The van der Waals surface area contributed by atoms with Gasteiger partial charge in [0.2, 0.25) is 0 Å². The predicted molar refractivity (Wildman–Crippen MR) is 421 cm³/mol. The van der Waals surface area contributed by atoms with E-state index in [1.165, 1.54) is 60.7 Å². The molecule has 1 atom stereocenters. The molecular weight excluding hydrogens is 1290 g/mol. The van der Waals surface area contributed by atoms with Gasteiger partial charge in [0.05, 0.1) is 0 Å². The molecule has 0 aliphatic heterocycles. The van der Waals surface area contributed by atoms with E-state index >= 15 is 0 Å².